The van der Waals surface area contributed by atoms with E-state index in [1.165, 1.54) is 25.3 Å². The highest BCUT2D eigenvalue weighted by Gasteiger charge is 2.37. The van der Waals surface area contributed by atoms with Crippen molar-refractivity contribution in [2.24, 2.45) is 5.92 Å². The second kappa shape index (κ2) is 4.82. The van der Waals surface area contributed by atoms with Gasteiger partial charge < -0.3 is 9.84 Å². The Bertz CT molecular complexity index is 611. The second-order valence-electron chi connectivity index (χ2n) is 4.61. The maximum atomic E-state index is 12.2. The molecule has 2 rings (SSSR count). The molecule has 1 aliphatic rings. The Kier molecular flexibility index (Phi) is 3.51. The minimum Gasteiger partial charge on any atom is -0.495 e. The van der Waals surface area contributed by atoms with Crippen molar-refractivity contribution in [2.45, 2.75) is 24.3 Å². The molecule has 0 heterocycles. The van der Waals surface area contributed by atoms with Crippen molar-refractivity contribution < 1.29 is 23.1 Å². The third-order valence-corrected chi connectivity index (χ3v) is 4.65. The zero-order valence-corrected chi connectivity index (χ0v) is 11.4. The molecule has 1 aliphatic carbocycles. The number of aromatic carboxylic acids is 1. The fourth-order valence-electron chi connectivity index (χ4n) is 1.77. The standard InChI is InChI=1S/C12H15NO5S/c1-7-5-9(7)13-19(16,17)11-4-3-8(12(14)15)6-10(11)18-2/h3-4,6-7,9,13H,5H2,1-2H3,(H,14,15). The number of carboxylic acids is 1. The first-order chi connectivity index (χ1) is 8.85. The van der Waals surface area contributed by atoms with E-state index < -0.39 is 16.0 Å². The lowest BCUT2D eigenvalue weighted by atomic mass is 10.2. The summed E-state index contributed by atoms with van der Waals surface area (Å²) in [6.45, 7) is 1.96. The van der Waals surface area contributed by atoms with Crippen LogP contribution in [0, 0.1) is 5.92 Å². The van der Waals surface area contributed by atoms with Crippen LogP contribution in [0.3, 0.4) is 0 Å². The minimum atomic E-state index is -3.68. The summed E-state index contributed by atoms with van der Waals surface area (Å²) in [6.07, 6.45) is 0.814. The van der Waals surface area contributed by atoms with Gasteiger partial charge in [0.05, 0.1) is 12.7 Å². The van der Waals surface area contributed by atoms with Crippen LogP contribution in [0.15, 0.2) is 23.1 Å². The molecular formula is C12H15NO5S. The van der Waals surface area contributed by atoms with E-state index >= 15 is 0 Å². The lowest BCUT2D eigenvalue weighted by Crippen LogP contribution is -2.27. The van der Waals surface area contributed by atoms with Crippen molar-refractivity contribution in [1.82, 2.24) is 4.72 Å². The van der Waals surface area contributed by atoms with Gasteiger partial charge >= 0.3 is 5.97 Å². The van der Waals surface area contributed by atoms with Crippen LogP contribution in [0.1, 0.15) is 23.7 Å². The van der Waals surface area contributed by atoms with Crippen molar-refractivity contribution in [1.29, 1.82) is 0 Å². The van der Waals surface area contributed by atoms with Gasteiger partial charge in [-0.1, -0.05) is 6.92 Å². The summed E-state index contributed by atoms with van der Waals surface area (Å²) in [5, 5.41) is 8.87. The lowest BCUT2D eigenvalue weighted by Gasteiger charge is -2.11. The summed E-state index contributed by atoms with van der Waals surface area (Å²) >= 11 is 0. The number of carbonyl (C=O) groups is 1. The Hall–Kier alpha value is -1.60. The third-order valence-electron chi connectivity index (χ3n) is 3.12. The predicted octanol–water partition coefficient (Wildman–Crippen LogP) is 1.08. The van der Waals surface area contributed by atoms with Gasteiger partial charge in [-0.15, -0.1) is 0 Å². The Balaban J connectivity index is 2.35. The van der Waals surface area contributed by atoms with Gasteiger partial charge in [0.25, 0.3) is 0 Å². The van der Waals surface area contributed by atoms with E-state index in [9.17, 15) is 13.2 Å². The molecular weight excluding hydrogens is 270 g/mol. The van der Waals surface area contributed by atoms with Crippen molar-refractivity contribution in [2.75, 3.05) is 7.11 Å². The molecule has 0 amide bonds. The number of ether oxygens (including phenoxy) is 1. The highest BCUT2D eigenvalue weighted by molar-refractivity contribution is 7.89. The van der Waals surface area contributed by atoms with Gasteiger partial charge in [-0.3, -0.25) is 0 Å². The molecule has 7 heteroatoms. The SMILES string of the molecule is COc1cc(C(=O)O)ccc1S(=O)(=O)NC1CC1C. The van der Waals surface area contributed by atoms with Gasteiger partial charge in [0.1, 0.15) is 10.6 Å². The molecule has 1 aromatic carbocycles. The van der Waals surface area contributed by atoms with Gasteiger partial charge in [0.2, 0.25) is 10.0 Å². The summed E-state index contributed by atoms with van der Waals surface area (Å²) in [5.74, 6) is -0.772. The Morgan fingerprint density at radius 2 is 2.11 bits per heavy atom. The summed E-state index contributed by atoms with van der Waals surface area (Å²) in [4.78, 5) is 10.8. The summed E-state index contributed by atoms with van der Waals surface area (Å²) in [6, 6.07) is 3.65. The molecule has 1 saturated carbocycles. The Morgan fingerprint density at radius 3 is 2.58 bits per heavy atom. The number of benzene rings is 1. The molecule has 2 atom stereocenters. The van der Waals surface area contributed by atoms with Crippen molar-refractivity contribution >= 4 is 16.0 Å². The van der Waals surface area contributed by atoms with E-state index in [2.05, 4.69) is 4.72 Å². The van der Waals surface area contributed by atoms with E-state index in [-0.39, 0.29) is 22.3 Å². The number of sulfonamides is 1. The van der Waals surface area contributed by atoms with Crippen LogP contribution in [-0.4, -0.2) is 32.6 Å². The van der Waals surface area contributed by atoms with Crippen LogP contribution in [0.2, 0.25) is 0 Å². The molecule has 1 fully saturated rings. The van der Waals surface area contributed by atoms with Crippen LogP contribution in [0.25, 0.3) is 0 Å². The van der Waals surface area contributed by atoms with Crippen LogP contribution in [0.5, 0.6) is 5.75 Å². The molecule has 19 heavy (non-hydrogen) atoms. The largest absolute Gasteiger partial charge is 0.495 e. The van der Waals surface area contributed by atoms with Gasteiger partial charge in [0.15, 0.2) is 0 Å². The van der Waals surface area contributed by atoms with Crippen LogP contribution in [-0.2, 0) is 10.0 Å². The molecule has 0 spiro atoms. The molecule has 2 N–H and O–H groups in total. The van der Waals surface area contributed by atoms with Gasteiger partial charge in [-0.2, -0.15) is 0 Å². The first kappa shape index (κ1) is 13.8. The molecule has 0 aliphatic heterocycles. The van der Waals surface area contributed by atoms with Crippen LogP contribution >= 0.6 is 0 Å². The normalized spacial score (nSPS) is 22.0. The van der Waals surface area contributed by atoms with Gasteiger partial charge in [-0.05, 0) is 30.5 Å². The molecule has 0 bridgehead atoms. The van der Waals surface area contributed by atoms with E-state index in [1.807, 2.05) is 6.92 Å². The molecule has 0 saturated heterocycles. The summed E-state index contributed by atoms with van der Waals surface area (Å²) in [5.41, 5.74) is -0.0180. The summed E-state index contributed by atoms with van der Waals surface area (Å²) in [7, 11) is -2.38. The number of hydrogen-bond acceptors (Lipinski definition) is 4. The van der Waals surface area contributed by atoms with E-state index in [0.29, 0.717) is 5.92 Å². The molecule has 104 valence electrons. The summed E-state index contributed by atoms with van der Waals surface area (Å²) < 4.78 is 31.8. The number of rotatable bonds is 5. The van der Waals surface area contributed by atoms with Gasteiger partial charge in [-0.25, -0.2) is 17.9 Å². The number of nitrogens with one attached hydrogen (secondary N) is 1. The zero-order chi connectivity index (χ0) is 14.2. The van der Waals surface area contributed by atoms with Gasteiger partial charge in [0, 0.05) is 6.04 Å². The quantitative estimate of drug-likeness (QED) is 0.844. The molecule has 0 radical (unpaired) electrons. The fourth-order valence-corrected chi connectivity index (χ4v) is 3.28. The average Bonchev–Trinajstić information content (AvgIpc) is 3.02. The molecule has 1 aromatic rings. The van der Waals surface area contributed by atoms with Crippen LogP contribution < -0.4 is 9.46 Å². The highest BCUT2D eigenvalue weighted by atomic mass is 32.2. The van der Waals surface area contributed by atoms with Crippen molar-refractivity contribution in [3.63, 3.8) is 0 Å². The highest BCUT2D eigenvalue weighted by Crippen LogP contribution is 2.32. The third kappa shape index (κ3) is 2.87. The minimum absolute atomic E-state index is 0.0180. The predicted molar refractivity (Wildman–Crippen MR) is 67.8 cm³/mol. The van der Waals surface area contributed by atoms with Crippen molar-refractivity contribution in [3.8, 4) is 5.75 Å². The smallest absolute Gasteiger partial charge is 0.335 e. The Labute approximate surface area is 111 Å². The van der Waals surface area contributed by atoms with E-state index in [1.54, 1.807) is 0 Å². The fraction of sp³-hybridized carbons (Fsp3) is 0.417. The zero-order valence-electron chi connectivity index (χ0n) is 10.6. The van der Waals surface area contributed by atoms with E-state index in [0.717, 1.165) is 6.42 Å². The van der Waals surface area contributed by atoms with Crippen molar-refractivity contribution in [3.05, 3.63) is 23.8 Å². The first-order valence-corrected chi connectivity index (χ1v) is 7.27. The van der Waals surface area contributed by atoms with E-state index in [4.69, 9.17) is 9.84 Å². The first-order valence-electron chi connectivity index (χ1n) is 5.79. The average molecular weight is 285 g/mol. The molecule has 0 aromatic heterocycles. The number of methoxy groups -OCH3 is 1. The second-order valence-corrected chi connectivity index (χ2v) is 6.29. The molecule has 2 unspecified atom stereocenters. The monoisotopic (exact) mass is 285 g/mol. The maximum Gasteiger partial charge on any atom is 0.335 e. The maximum absolute atomic E-state index is 12.2. The number of carboxylic acid groups (broad SMARTS) is 1. The lowest BCUT2D eigenvalue weighted by molar-refractivity contribution is 0.0696. The Morgan fingerprint density at radius 1 is 1.47 bits per heavy atom. The topological polar surface area (TPSA) is 92.7 Å². The van der Waals surface area contributed by atoms with Crippen LogP contribution in [0.4, 0.5) is 0 Å². The number of hydrogen-bond donors (Lipinski definition) is 2. The molecule has 6 nitrogen and oxygen atoms in total.